The largest absolute Gasteiger partial charge is 0.493 e. The average molecular weight is 456 g/mol. The maximum atomic E-state index is 13.3. The van der Waals surface area contributed by atoms with Gasteiger partial charge in [-0.25, -0.2) is 4.68 Å². The lowest BCUT2D eigenvalue weighted by Crippen LogP contribution is -2.28. The van der Waals surface area contributed by atoms with E-state index in [1.165, 1.54) is 0 Å². The van der Waals surface area contributed by atoms with Crippen LogP contribution >= 0.6 is 0 Å². The molecule has 4 rings (SSSR count). The third-order valence-electron chi connectivity index (χ3n) is 5.74. The van der Waals surface area contributed by atoms with Crippen molar-refractivity contribution in [2.75, 3.05) is 20.8 Å². The highest BCUT2D eigenvalue weighted by Gasteiger charge is 2.18. The summed E-state index contributed by atoms with van der Waals surface area (Å²) in [4.78, 5) is 13.3. The van der Waals surface area contributed by atoms with Crippen LogP contribution < -0.4 is 14.8 Å². The topological polar surface area (TPSA) is 65.4 Å². The van der Waals surface area contributed by atoms with E-state index in [0.717, 1.165) is 33.6 Å². The van der Waals surface area contributed by atoms with E-state index in [1.807, 2.05) is 73.7 Å². The van der Waals surface area contributed by atoms with Crippen molar-refractivity contribution in [2.24, 2.45) is 0 Å². The Kier molecular flexibility index (Phi) is 6.97. The second kappa shape index (κ2) is 10.3. The summed E-state index contributed by atoms with van der Waals surface area (Å²) in [7, 11) is 3.22. The second-order valence-corrected chi connectivity index (χ2v) is 8.18. The molecule has 0 aliphatic rings. The van der Waals surface area contributed by atoms with Crippen LogP contribution in [0.4, 0.5) is 0 Å². The van der Waals surface area contributed by atoms with Crippen molar-refractivity contribution in [2.45, 2.75) is 20.3 Å². The number of nitrogens with one attached hydrogen (secondary N) is 1. The predicted octanol–water partition coefficient (Wildman–Crippen LogP) is 5.15. The molecule has 0 bridgehead atoms. The molecule has 174 valence electrons. The molecule has 1 heterocycles. The van der Waals surface area contributed by atoms with Crippen LogP contribution in [0.25, 0.3) is 16.9 Å². The monoisotopic (exact) mass is 455 g/mol. The van der Waals surface area contributed by atoms with Gasteiger partial charge in [0.05, 0.1) is 25.6 Å². The third-order valence-corrected chi connectivity index (χ3v) is 5.74. The smallest absolute Gasteiger partial charge is 0.270 e. The van der Waals surface area contributed by atoms with Gasteiger partial charge in [0.1, 0.15) is 5.69 Å². The number of hydrogen-bond donors (Lipinski definition) is 1. The highest BCUT2D eigenvalue weighted by atomic mass is 16.5. The Labute approximate surface area is 200 Å². The number of carbonyl (C=O) groups excluding carboxylic acids is 1. The van der Waals surface area contributed by atoms with Gasteiger partial charge in [0.2, 0.25) is 0 Å². The van der Waals surface area contributed by atoms with E-state index in [2.05, 4.69) is 18.3 Å². The Morgan fingerprint density at radius 3 is 2.38 bits per heavy atom. The summed E-state index contributed by atoms with van der Waals surface area (Å²) < 4.78 is 12.4. The van der Waals surface area contributed by atoms with Gasteiger partial charge in [0.25, 0.3) is 5.91 Å². The van der Waals surface area contributed by atoms with E-state index >= 15 is 0 Å². The van der Waals surface area contributed by atoms with Crippen molar-refractivity contribution in [1.82, 2.24) is 15.1 Å². The van der Waals surface area contributed by atoms with E-state index in [4.69, 9.17) is 14.6 Å². The fraction of sp³-hybridized carbons (Fsp3) is 0.214. The molecule has 1 aromatic heterocycles. The molecule has 0 saturated heterocycles. The van der Waals surface area contributed by atoms with Gasteiger partial charge in [-0.15, -0.1) is 0 Å². The van der Waals surface area contributed by atoms with Crippen LogP contribution in [0.3, 0.4) is 0 Å². The highest BCUT2D eigenvalue weighted by Crippen LogP contribution is 2.28. The van der Waals surface area contributed by atoms with Crippen LogP contribution in [0.5, 0.6) is 11.5 Å². The zero-order chi connectivity index (χ0) is 24.1. The minimum atomic E-state index is -0.171. The van der Waals surface area contributed by atoms with Gasteiger partial charge in [-0.2, -0.15) is 5.10 Å². The quantitative estimate of drug-likeness (QED) is 0.399. The van der Waals surface area contributed by atoms with Gasteiger partial charge in [0, 0.05) is 12.1 Å². The minimum absolute atomic E-state index is 0.171. The SMILES string of the molecule is COc1ccc(CCNC(=O)c2cc(-c3ccccc3)nn2-c2ccc(C)cc2C)cc1OC. The molecule has 0 aliphatic heterocycles. The number of rotatable bonds is 8. The van der Waals surface area contributed by atoms with Gasteiger partial charge in [0.15, 0.2) is 11.5 Å². The molecule has 0 spiro atoms. The van der Waals surface area contributed by atoms with Crippen LogP contribution in [-0.2, 0) is 6.42 Å². The molecule has 0 unspecified atom stereocenters. The maximum absolute atomic E-state index is 13.3. The summed E-state index contributed by atoms with van der Waals surface area (Å²) in [6, 6.07) is 23.6. The number of carbonyl (C=O) groups is 1. The van der Waals surface area contributed by atoms with Crippen LogP contribution in [0.2, 0.25) is 0 Å². The van der Waals surface area contributed by atoms with Gasteiger partial charge in [-0.1, -0.05) is 54.1 Å². The third kappa shape index (κ3) is 4.96. The van der Waals surface area contributed by atoms with Crippen molar-refractivity contribution in [3.8, 4) is 28.4 Å². The van der Waals surface area contributed by atoms with Gasteiger partial charge in [-0.3, -0.25) is 4.79 Å². The zero-order valence-electron chi connectivity index (χ0n) is 20.0. The summed E-state index contributed by atoms with van der Waals surface area (Å²) in [5.74, 6) is 1.18. The molecule has 0 saturated carbocycles. The summed E-state index contributed by atoms with van der Waals surface area (Å²) in [6.45, 7) is 4.56. The van der Waals surface area contributed by atoms with Crippen molar-refractivity contribution >= 4 is 5.91 Å². The van der Waals surface area contributed by atoms with E-state index in [0.29, 0.717) is 30.2 Å². The number of benzene rings is 3. The van der Waals surface area contributed by atoms with Gasteiger partial charge >= 0.3 is 0 Å². The predicted molar refractivity (Wildman–Crippen MR) is 134 cm³/mol. The molecule has 3 aromatic carbocycles. The van der Waals surface area contributed by atoms with Crippen molar-refractivity contribution in [1.29, 1.82) is 0 Å². The summed E-state index contributed by atoms with van der Waals surface area (Å²) in [5.41, 5.74) is 6.37. The molecule has 0 radical (unpaired) electrons. The number of ether oxygens (including phenoxy) is 2. The van der Waals surface area contributed by atoms with E-state index in [-0.39, 0.29) is 5.91 Å². The van der Waals surface area contributed by atoms with Crippen LogP contribution in [0.15, 0.2) is 72.8 Å². The summed E-state index contributed by atoms with van der Waals surface area (Å²) >= 11 is 0. The molecule has 6 heteroatoms. The molecule has 4 aromatic rings. The van der Waals surface area contributed by atoms with Gasteiger partial charge < -0.3 is 14.8 Å². The number of amides is 1. The van der Waals surface area contributed by atoms with Crippen LogP contribution in [0, 0.1) is 13.8 Å². The van der Waals surface area contributed by atoms with Crippen molar-refractivity contribution < 1.29 is 14.3 Å². The normalized spacial score (nSPS) is 10.7. The highest BCUT2D eigenvalue weighted by molar-refractivity contribution is 5.94. The molecule has 0 fully saturated rings. The molecule has 0 aliphatic carbocycles. The summed E-state index contributed by atoms with van der Waals surface area (Å²) in [5, 5.41) is 7.84. The Morgan fingerprint density at radius 2 is 1.68 bits per heavy atom. The Morgan fingerprint density at radius 1 is 0.912 bits per heavy atom. The van der Waals surface area contributed by atoms with Crippen molar-refractivity contribution in [3.63, 3.8) is 0 Å². The first-order chi connectivity index (χ1) is 16.5. The summed E-state index contributed by atoms with van der Waals surface area (Å²) in [6.07, 6.45) is 0.662. The number of nitrogens with zero attached hydrogens (tertiary/aromatic N) is 2. The molecular formula is C28H29N3O3. The van der Waals surface area contributed by atoms with E-state index < -0.39 is 0 Å². The molecule has 1 amide bonds. The minimum Gasteiger partial charge on any atom is -0.493 e. The number of hydrogen-bond acceptors (Lipinski definition) is 4. The lowest BCUT2D eigenvalue weighted by atomic mass is 10.1. The second-order valence-electron chi connectivity index (χ2n) is 8.18. The zero-order valence-corrected chi connectivity index (χ0v) is 20.0. The van der Waals surface area contributed by atoms with Gasteiger partial charge in [-0.05, 0) is 55.7 Å². The average Bonchev–Trinajstić information content (AvgIpc) is 3.29. The Hall–Kier alpha value is -4.06. The lowest BCUT2D eigenvalue weighted by molar-refractivity contribution is 0.0946. The Balaban J connectivity index is 1.58. The molecule has 1 N–H and O–H groups in total. The number of aryl methyl sites for hydroxylation is 2. The van der Waals surface area contributed by atoms with Crippen LogP contribution in [-0.4, -0.2) is 36.5 Å². The van der Waals surface area contributed by atoms with Crippen LogP contribution in [0.1, 0.15) is 27.2 Å². The molecule has 0 atom stereocenters. The van der Waals surface area contributed by atoms with E-state index in [1.54, 1.807) is 18.9 Å². The maximum Gasteiger partial charge on any atom is 0.270 e. The first-order valence-corrected chi connectivity index (χ1v) is 11.2. The fourth-order valence-corrected chi connectivity index (χ4v) is 3.97. The standard InChI is InChI=1S/C28H29N3O3/c1-19-10-12-24(20(2)16-19)31-25(18-23(30-31)22-8-6-5-7-9-22)28(32)29-15-14-21-11-13-26(33-3)27(17-21)34-4/h5-13,16-18H,14-15H2,1-4H3,(H,29,32). The number of aromatic nitrogens is 2. The van der Waals surface area contributed by atoms with E-state index in [9.17, 15) is 4.79 Å². The first-order valence-electron chi connectivity index (χ1n) is 11.2. The lowest BCUT2D eigenvalue weighted by Gasteiger charge is -2.12. The molecule has 34 heavy (non-hydrogen) atoms. The molecular weight excluding hydrogens is 426 g/mol. The van der Waals surface area contributed by atoms with Crippen molar-refractivity contribution in [3.05, 3.63) is 95.2 Å². The number of methoxy groups -OCH3 is 2. The molecule has 6 nitrogen and oxygen atoms in total. The first kappa shape index (κ1) is 23.1. The fourth-order valence-electron chi connectivity index (χ4n) is 3.97. The Bertz CT molecular complexity index is 1300.